The first-order chi connectivity index (χ1) is 11.4. The summed E-state index contributed by atoms with van der Waals surface area (Å²) in [6, 6.07) is 7.81. The van der Waals surface area contributed by atoms with Gasteiger partial charge in [-0.25, -0.2) is 14.6 Å². The van der Waals surface area contributed by atoms with Crippen molar-refractivity contribution in [1.29, 1.82) is 0 Å². The first kappa shape index (κ1) is 17.6. The van der Waals surface area contributed by atoms with Crippen molar-refractivity contribution in [3.63, 3.8) is 0 Å². The lowest BCUT2D eigenvalue weighted by Crippen LogP contribution is -2.41. The third-order valence-corrected chi connectivity index (χ3v) is 4.17. The molecule has 2 rings (SSSR count). The highest BCUT2D eigenvalue weighted by Gasteiger charge is 2.28. The molecule has 0 aliphatic rings. The molecule has 0 aliphatic carbocycles. The SMILES string of the molecule is CNC(=O)NC(=O)[C@H](OC(=O)c1sc(C)nc1C)c1ccccc1. The first-order valence-corrected chi connectivity index (χ1v) is 7.96. The molecule has 0 saturated heterocycles. The number of nitrogens with one attached hydrogen (secondary N) is 2. The first-order valence-electron chi connectivity index (χ1n) is 7.15. The van der Waals surface area contributed by atoms with E-state index in [2.05, 4.69) is 15.6 Å². The van der Waals surface area contributed by atoms with Gasteiger partial charge >= 0.3 is 12.0 Å². The third-order valence-electron chi connectivity index (χ3n) is 3.12. The standard InChI is InChI=1S/C16H17N3O4S/c1-9-13(24-10(2)18-9)15(21)23-12(11-7-5-4-6-8-11)14(20)19-16(22)17-3/h4-8,12H,1-3H3,(H2,17,19,20,22)/t12-/m1/s1. The van der Waals surface area contributed by atoms with E-state index in [9.17, 15) is 14.4 Å². The number of rotatable bonds is 4. The van der Waals surface area contributed by atoms with Gasteiger partial charge < -0.3 is 10.1 Å². The third kappa shape index (κ3) is 4.17. The summed E-state index contributed by atoms with van der Waals surface area (Å²) in [6.45, 7) is 3.48. The van der Waals surface area contributed by atoms with Crippen molar-refractivity contribution in [2.45, 2.75) is 20.0 Å². The van der Waals surface area contributed by atoms with Crippen molar-refractivity contribution in [3.8, 4) is 0 Å². The van der Waals surface area contributed by atoms with Gasteiger partial charge in [-0.2, -0.15) is 0 Å². The predicted octanol–water partition coefficient (Wildman–Crippen LogP) is 2.11. The minimum absolute atomic E-state index is 0.334. The minimum atomic E-state index is -1.24. The minimum Gasteiger partial charge on any atom is -0.443 e. The highest BCUT2D eigenvalue weighted by Crippen LogP contribution is 2.23. The van der Waals surface area contributed by atoms with Crippen molar-refractivity contribution in [2.24, 2.45) is 0 Å². The van der Waals surface area contributed by atoms with Crippen LogP contribution in [0.15, 0.2) is 30.3 Å². The van der Waals surface area contributed by atoms with Crippen LogP contribution in [0.5, 0.6) is 0 Å². The molecule has 0 unspecified atom stereocenters. The number of nitrogens with zero attached hydrogens (tertiary/aromatic N) is 1. The van der Waals surface area contributed by atoms with Crippen LogP contribution in [0, 0.1) is 13.8 Å². The lowest BCUT2D eigenvalue weighted by molar-refractivity contribution is -0.129. The van der Waals surface area contributed by atoms with Crippen LogP contribution in [-0.2, 0) is 9.53 Å². The van der Waals surface area contributed by atoms with Crippen molar-refractivity contribution in [1.82, 2.24) is 15.6 Å². The maximum atomic E-state index is 12.4. The van der Waals surface area contributed by atoms with Crippen LogP contribution in [0.25, 0.3) is 0 Å². The molecule has 3 amide bonds. The fourth-order valence-corrected chi connectivity index (χ4v) is 2.82. The van der Waals surface area contributed by atoms with Crippen LogP contribution in [0.3, 0.4) is 0 Å². The molecule has 0 spiro atoms. The van der Waals surface area contributed by atoms with E-state index in [1.165, 1.54) is 18.4 Å². The number of imide groups is 1. The van der Waals surface area contributed by atoms with Gasteiger partial charge in [-0.1, -0.05) is 30.3 Å². The molecule has 126 valence electrons. The van der Waals surface area contributed by atoms with Crippen LogP contribution in [0.4, 0.5) is 4.79 Å². The average Bonchev–Trinajstić information content (AvgIpc) is 2.91. The molecule has 1 aromatic heterocycles. The zero-order chi connectivity index (χ0) is 17.7. The second-order valence-corrected chi connectivity index (χ2v) is 6.12. The number of benzene rings is 1. The number of amides is 3. The van der Waals surface area contributed by atoms with Gasteiger partial charge in [0.05, 0.1) is 10.7 Å². The Morgan fingerprint density at radius 1 is 1.17 bits per heavy atom. The number of esters is 1. The number of aryl methyl sites for hydroxylation is 2. The zero-order valence-electron chi connectivity index (χ0n) is 13.5. The van der Waals surface area contributed by atoms with Gasteiger partial charge in [-0.3, -0.25) is 10.1 Å². The number of urea groups is 1. The molecule has 2 aromatic rings. The average molecular weight is 347 g/mol. The topological polar surface area (TPSA) is 97.4 Å². The van der Waals surface area contributed by atoms with E-state index in [0.29, 0.717) is 16.1 Å². The summed E-state index contributed by atoms with van der Waals surface area (Å²) in [5.41, 5.74) is 1.01. The van der Waals surface area contributed by atoms with Gasteiger partial charge in [0.1, 0.15) is 4.88 Å². The normalized spacial score (nSPS) is 11.5. The molecule has 0 fully saturated rings. The van der Waals surface area contributed by atoms with Crippen molar-refractivity contribution >= 4 is 29.2 Å². The maximum Gasteiger partial charge on any atom is 0.351 e. The van der Waals surface area contributed by atoms with Gasteiger partial charge in [0, 0.05) is 12.6 Å². The maximum absolute atomic E-state index is 12.4. The van der Waals surface area contributed by atoms with E-state index in [1.54, 1.807) is 44.2 Å². The van der Waals surface area contributed by atoms with Crippen LogP contribution >= 0.6 is 11.3 Å². The van der Waals surface area contributed by atoms with Gasteiger partial charge in [0.15, 0.2) is 0 Å². The molecule has 24 heavy (non-hydrogen) atoms. The molecule has 0 aliphatic heterocycles. The summed E-state index contributed by atoms with van der Waals surface area (Å²) >= 11 is 1.19. The van der Waals surface area contributed by atoms with Crippen LogP contribution in [0.1, 0.15) is 32.0 Å². The molecular weight excluding hydrogens is 330 g/mol. The van der Waals surface area contributed by atoms with E-state index < -0.39 is 24.0 Å². The Balaban J connectivity index is 2.26. The smallest absolute Gasteiger partial charge is 0.351 e. The number of aromatic nitrogens is 1. The van der Waals surface area contributed by atoms with Crippen LogP contribution in [0.2, 0.25) is 0 Å². The molecule has 8 heteroatoms. The highest BCUT2D eigenvalue weighted by molar-refractivity contribution is 7.13. The van der Waals surface area contributed by atoms with Crippen LogP contribution in [-0.4, -0.2) is 29.9 Å². The van der Waals surface area contributed by atoms with Crippen LogP contribution < -0.4 is 10.6 Å². The van der Waals surface area contributed by atoms with E-state index in [4.69, 9.17) is 4.74 Å². The van der Waals surface area contributed by atoms with Crippen molar-refractivity contribution in [3.05, 3.63) is 51.5 Å². The van der Waals surface area contributed by atoms with E-state index in [-0.39, 0.29) is 0 Å². The number of thiazole rings is 1. The molecule has 0 radical (unpaired) electrons. The Labute approximate surface area is 143 Å². The fourth-order valence-electron chi connectivity index (χ4n) is 2.02. The number of carbonyl (C=O) groups excluding carboxylic acids is 3. The molecule has 1 aromatic carbocycles. The predicted molar refractivity (Wildman–Crippen MR) is 88.8 cm³/mol. The number of hydrogen-bond acceptors (Lipinski definition) is 6. The Hall–Kier alpha value is -2.74. The Morgan fingerprint density at radius 2 is 1.83 bits per heavy atom. The lowest BCUT2D eigenvalue weighted by atomic mass is 10.1. The summed E-state index contributed by atoms with van der Waals surface area (Å²) in [6.07, 6.45) is -1.24. The number of hydrogen-bond donors (Lipinski definition) is 2. The summed E-state index contributed by atoms with van der Waals surface area (Å²) < 4.78 is 5.36. The van der Waals surface area contributed by atoms with Gasteiger partial charge in [-0.15, -0.1) is 11.3 Å². The van der Waals surface area contributed by atoms with Gasteiger partial charge in [0.2, 0.25) is 6.10 Å². The summed E-state index contributed by atoms with van der Waals surface area (Å²) in [4.78, 5) is 40.6. The summed E-state index contributed by atoms with van der Waals surface area (Å²) in [5.74, 6) is -1.38. The summed E-state index contributed by atoms with van der Waals surface area (Å²) in [7, 11) is 1.38. The molecule has 7 nitrogen and oxygen atoms in total. The van der Waals surface area contributed by atoms with E-state index in [0.717, 1.165) is 5.01 Å². The Morgan fingerprint density at radius 3 is 2.38 bits per heavy atom. The van der Waals surface area contributed by atoms with Crippen molar-refractivity contribution < 1.29 is 19.1 Å². The highest BCUT2D eigenvalue weighted by atomic mass is 32.1. The monoisotopic (exact) mass is 347 g/mol. The Bertz CT molecular complexity index is 758. The molecule has 2 N–H and O–H groups in total. The molecular formula is C16H17N3O4S. The molecule has 0 saturated carbocycles. The zero-order valence-corrected chi connectivity index (χ0v) is 14.3. The molecule has 0 bridgehead atoms. The van der Waals surface area contributed by atoms with E-state index >= 15 is 0 Å². The molecule has 1 atom stereocenters. The van der Waals surface area contributed by atoms with E-state index in [1.807, 2.05) is 0 Å². The Kier molecular flexibility index (Phi) is 5.64. The van der Waals surface area contributed by atoms with Gasteiger partial charge in [0.25, 0.3) is 5.91 Å². The van der Waals surface area contributed by atoms with Gasteiger partial charge in [-0.05, 0) is 13.8 Å². The quantitative estimate of drug-likeness (QED) is 0.826. The lowest BCUT2D eigenvalue weighted by Gasteiger charge is -2.17. The largest absolute Gasteiger partial charge is 0.443 e. The molecule has 1 heterocycles. The number of ether oxygens (including phenoxy) is 1. The fraction of sp³-hybridized carbons (Fsp3) is 0.250. The number of carbonyl (C=O) groups is 3. The van der Waals surface area contributed by atoms with Crippen molar-refractivity contribution in [2.75, 3.05) is 7.05 Å². The second kappa shape index (κ2) is 7.69. The summed E-state index contributed by atoms with van der Waals surface area (Å²) in [5, 5.41) is 5.13. The second-order valence-electron chi connectivity index (χ2n) is 4.91.